The molecule has 1 heterocycles. The summed E-state index contributed by atoms with van der Waals surface area (Å²) >= 11 is 0. The standard InChI is InChI=1S/C31H43NO9/c1-32-14-28(15-37-2)12-11-18(38-3)30-17-13-29(35)25(41-27(34)16-9-7-6-8-10-16)19(17)31(36,24(33)26(29)40-5)20(23(30)32)21(39-4)22(28)30/h6-10,17-26,33,35-36H,11-15H2,1-5H3/t17-,18?,19-,20?,21?,22-,23-,24?,25?,26+,28?,29+,30?,31-/m1/s1. The Morgan fingerprint density at radius 1 is 1.02 bits per heavy atom. The molecule has 5 saturated carbocycles. The molecule has 6 aliphatic rings. The van der Waals surface area contributed by atoms with Crippen LogP contribution >= 0.6 is 0 Å². The predicted molar refractivity (Wildman–Crippen MR) is 145 cm³/mol. The molecule has 3 N–H and O–H groups in total. The number of ether oxygens (including phenoxy) is 5. The summed E-state index contributed by atoms with van der Waals surface area (Å²) in [6.45, 7) is 1.29. The van der Waals surface area contributed by atoms with Crippen molar-refractivity contribution in [1.29, 1.82) is 0 Å². The number of nitrogens with zero attached hydrogens (tertiary/aromatic N) is 1. The first kappa shape index (κ1) is 28.2. The number of methoxy groups -OCH3 is 4. The Balaban J connectivity index is 1.46. The van der Waals surface area contributed by atoms with E-state index in [1.165, 1.54) is 7.11 Å². The normalized spacial score (nSPS) is 52.9. The topological polar surface area (TPSA) is 127 Å². The molecule has 1 saturated heterocycles. The third kappa shape index (κ3) is 3.08. The number of hydrogen-bond donors (Lipinski definition) is 3. The fourth-order valence-electron chi connectivity index (χ4n) is 11.8. The van der Waals surface area contributed by atoms with Gasteiger partial charge in [0, 0.05) is 69.6 Å². The largest absolute Gasteiger partial charge is 0.455 e. The van der Waals surface area contributed by atoms with E-state index in [1.54, 1.807) is 45.6 Å². The van der Waals surface area contributed by atoms with E-state index in [4.69, 9.17) is 23.7 Å². The van der Waals surface area contributed by atoms with Gasteiger partial charge in [0.05, 0.1) is 24.4 Å². The summed E-state index contributed by atoms with van der Waals surface area (Å²) in [6, 6.07) is 8.46. The van der Waals surface area contributed by atoms with Gasteiger partial charge in [-0.15, -0.1) is 0 Å². The van der Waals surface area contributed by atoms with Crippen molar-refractivity contribution in [2.75, 3.05) is 48.6 Å². The van der Waals surface area contributed by atoms with Crippen LogP contribution in [0.3, 0.4) is 0 Å². The summed E-state index contributed by atoms with van der Waals surface area (Å²) < 4.78 is 30.6. The number of likely N-dealkylation sites (tertiary alicyclic amines) is 1. The number of carbonyl (C=O) groups is 1. The van der Waals surface area contributed by atoms with Crippen LogP contribution in [-0.2, 0) is 23.7 Å². The van der Waals surface area contributed by atoms with Crippen LogP contribution < -0.4 is 0 Å². The van der Waals surface area contributed by atoms with E-state index >= 15 is 0 Å². The minimum absolute atomic E-state index is 0.0644. The number of benzene rings is 1. The molecule has 5 aliphatic carbocycles. The molecule has 7 rings (SSSR count). The zero-order valence-electron chi connectivity index (χ0n) is 24.4. The highest BCUT2D eigenvalue weighted by atomic mass is 16.6. The maximum atomic E-state index is 13.5. The van der Waals surface area contributed by atoms with Crippen LogP contribution in [-0.4, -0.2) is 123 Å². The van der Waals surface area contributed by atoms with Crippen molar-refractivity contribution in [3.63, 3.8) is 0 Å². The summed E-state index contributed by atoms with van der Waals surface area (Å²) in [5.41, 5.74) is -3.95. The van der Waals surface area contributed by atoms with Crippen molar-refractivity contribution >= 4 is 5.97 Å². The fraction of sp³-hybridized carbons (Fsp3) is 0.774. The minimum atomic E-state index is -1.76. The highest BCUT2D eigenvalue weighted by Crippen LogP contribution is 2.80. The van der Waals surface area contributed by atoms with Gasteiger partial charge >= 0.3 is 5.97 Å². The molecule has 0 radical (unpaired) electrons. The van der Waals surface area contributed by atoms with Gasteiger partial charge in [-0.25, -0.2) is 4.79 Å². The Morgan fingerprint density at radius 2 is 1.76 bits per heavy atom. The SMILES string of the molecule is COCC12CCC(OC)C34[C@@H]5C[C@]6(O)C(OC(=O)c7ccccc7)[C@@H]5[C@@](O)(C(C(OC)[C@H]13)[C@H]4N(C)C2)C(O)[C@@H]6OC. The molecule has 1 spiro atoms. The summed E-state index contributed by atoms with van der Waals surface area (Å²) in [7, 11) is 8.65. The first-order valence-electron chi connectivity index (χ1n) is 14.8. The van der Waals surface area contributed by atoms with Gasteiger partial charge in [-0.05, 0) is 44.4 Å². The quantitative estimate of drug-likeness (QED) is 0.402. The molecule has 14 atom stereocenters. The van der Waals surface area contributed by atoms with Crippen LogP contribution in [0, 0.1) is 34.5 Å². The zero-order chi connectivity index (χ0) is 29.1. The molecule has 10 heteroatoms. The highest BCUT2D eigenvalue weighted by molar-refractivity contribution is 5.89. The Labute approximate surface area is 240 Å². The third-order valence-electron chi connectivity index (χ3n) is 12.5. The molecule has 7 unspecified atom stereocenters. The van der Waals surface area contributed by atoms with Crippen LogP contribution in [0.1, 0.15) is 29.6 Å². The van der Waals surface area contributed by atoms with Crippen LogP contribution in [0.15, 0.2) is 30.3 Å². The fourth-order valence-corrected chi connectivity index (χ4v) is 11.8. The van der Waals surface area contributed by atoms with E-state index in [0.717, 1.165) is 19.4 Å². The lowest BCUT2D eigenvalue weighted by atomic mass is 9.43. The van der Waals surface area contributed by atoms with E-state index in [9.17, 15) is 20.1 Å². The van der Waals surface area contributed by atoms with Crippen molar-refractivity contribution in [2.24, 2.45) is 34.5 Å². The smallest absolute Gasteiger partial charge is 0.338 e. The van der Waals surface area contributed by atoms with Crippen LogP contribution in [0.5, 0.6) is 0 Å². The number of piperidine rings is 1. The van der Waals surface area contributed by atoms with Crippen LogP contribution in [0.4, 0.5) is 0 Å². The molecule has 41 heavy (non-hydrogen) atoms. The zero-order valence-corrected chi connectivity index (χ0v) is 24.4. The maximum absolute atomic E-state index is 13.5. The van der Waals surface area contributed by atoms with E-state index in [1.807, 2.05) is 6.07 Å². The highest BCUT2D eigenvalue weighted by Gasteiger charge is 2.90. The van der Waals surface area contributed by atoms with Gasteiger partial charge in [-0.3, -0.25) is 0 Å². The molecule has 1 aromatic rings. The number of fused-ring (bicyclic) bond motifs is 2. The summed E-state index contributed by atoms with van der Waals surface area (Å²) in [5.74, 6) is -2.30. The lowest BCUT2D eigenvalue weighted by molar-refractivity contribution is -0.313. The number of esters is 1. The second-order valence-electron chi connectivity index (χ2n) is 13.6. The minimum Gasteiger partial charge on any atom is -0.455 e. The average Bonchev–Trinajstić information content (AvgIpc) is 3.36. The molecule has 1 aromatic carbocycles. The van der Waals surface area contributed by atoms with Gasteiger partial charge in [0.1, 0.15) is 29.5 Å². The van der Waals surface area contributed by atoms with E-state index in [0.29, 0.717) is 12.2 Å². The second-order valence-corrected chi connectivity index (χ2v) is 13.6. The molecule has 7 bridgehead atoms. The van der Waals surface area contributed by atoms with E-state index in [2.05, 4.69) is 11.9 Å². The lowest BCUT2D eigenvalue weighted by Crippen LogP contribution is -2.79. The Bertz CT molecular complexity index is 1200. The molecular weight excluding hydrogens is 530 g/mol. The molecular formula is C31H43NO9. The molecule has 10 nitrogen and oxygen atoms in total. The summed E-state index contributed by atoms with van der Waals surface area (Å²) in [4.78, 5) is 15.8. The third-order valence-corrected chi connectivity index (χ3v) is 12.5. The molecule has 6 fully saturated rings. The van der Waals surface area contributed by atoms with Crippen molar-refractivity contribution in [2.45, 2.75) is 67.0 Å². The average molecular weight is 574 g/mol. The van der Waals surface area contributed by atoms with Gasteiger partial charge in [0.2, 0.25) is 0 Å². The van der Waals surface area contributed by atoms with Gasteiger partial charge < -0.3 is 43.9 Å². The van der Waals surface area contributed by atoms with Crippen molar-refractivity contribution in [3.05, 3.63) is 35.9 Å². The van der Waals surface area contributed by atoms with E-state index in [-0.39, 0.29) is 35.8 Å². The Morgan fingerprint density at radius 3 is 2.39 bits per heavy atom. The summed E-state index contributed by atoms with van der Waals surface area (Å²) in [6.07, 6.45) is -2.45. The van der Waals surface area contributed by atoms with Gasteiger partial charge in [0.15, 0.2) is 0 Å². The van der Waals surface area contributed by atoms with Crippen molar-refractivity contribution in [1.82, 2.24) is 4.90 Å². The van der Waals surface area contributed by atoms with E-state index < -0.39 is 58.8 Å². The number of aliphatic hydroxyl groups is 3. The van der Waals surface area contributed by atoms with Crippen LogP contribution in [0.25, 0.3) is 0 Å². The first-order chi connectivity index (χ1) is 19.6. The van der Waals surface area contributed by atoms with Crippen LogP contribution in [0.2, 0.25) is 0 Å². The number of carbonyl (C=O) groups excluding carboxylic acids is 1. The number of rotatable bonds is 7. The summed E-state index contributed by atoms with van der Waals surface area (Å²) in [5, 5.41) is 37.6. The first-order valence-corrected chi connectivity index (χ1v) is 14.8. The monoisotopic (exact) mass is 573 g/mol. The van der Waals surface area contributed by atoms with Gasteiger partial charge in [-0.2, -0.15) is 0 Å². The molecule has 226 valence electrons. The Kier molecular flexibility index (Phi) is 6.31. The van der Waals surface area contributed by atoms with Crippen molar-refractivity contribution < 1.29 is 43.8 Å². The molecule has 1 aliphatic heterocycles. The number of hydrogen-bond acceptors (Lipinski definition) is 10. The van der Waals surface area contributed by atoms with Crippen molar-refractivity contribution in [3.8, 4) is 0 Å². The number of aliphatic hydroxyl groups excluding tert-OH is 1. The second kappa shape index (κ2) is 9.19. The predicted octanol–water partition coefficient (Wildman–Crippen LogP) is 0.716. The molecule has 0 aromatic heterocycles. The van der Waals surface area contributed by atoms with Gasteiger partial charge in [-0.1, -0.05) is 18.2 Å². The molecule has 0 amide bonds. The van der Waals surface area contributed by atoms with Gasteiger partial charge in [0.25, 0.3) is 0 Å². The Hall–Kier alpha value is -1.63. The lowest BCUT2D eigenvalue weighted by Gasteiger charge is -2.69. The maximum Gasteiger partial charge on any atom is 0.338 e.